The van der Waals surface area contributed by atoms with Crippen molar-refractivity contribution in [2.75, 3.05) is 0 Å². The maximum absolute atomic E-state index is 5.89. The molecule has 2 heterocycles. The van der Waals surface area contributed by atoms with Gasteiger partial charge in [0.05, 0.1) is 17.7 Å². The fourth-order valence-electron chi connectivity index (χ4n) is 2.18. The summed E-state index contributed by atoms with van der Waals surface area (Å²) in [6, 6.07) is 7.57. The summed E-state index contributed by atoms with van der Waals surface area (Å²) >= 11 is 5.89. The SMILES string of the molecule is Cc1nc(C(C)C)ncc1-c1nnc(Cc2ccc(Cl)cc2)o1. The first-order chi connectivity index (χ1) is 11.0. The Kier molecular flexibility index (Phi) is 4.39. The van der Waals surface area contributed by atoms with E-state index < -0.39 is 0 Å². The molecule has 5 nitrogen and oxygen atoms in total. The molecule has 0 aliphatic heterocycles. The summed E-state index contributed by atoms with van der Waals surface area (Å²) in [6.45, 7) is 6.04. The van der Waals surface area contributed by atoms with E-state index in [2.05, 4.69) is 34.0 Å². The molecule has 0 atom stereocenters. The van der Waals surface area contributed by atoms with Crippen molar-refractivity contribution in [2.24, 2.45) is 0 Å². The Bertz CT molecular complexity index is 812. The first-order valence-electron chi connectivity index (χ1n) is 7.43. The van der Waals surface area contributed by atoms with Crippen molar-refractivity contribution in [3.63, 3.8) is 0 Å². The molecule has 0 N–H and O–H groups in total. The van der Waals surface area contributed by atoms with Gasteiger partial charge in [0.2, 0.25) is 5.89 Å². The van der Waals surface area contributed by atoms with Gasteiger partial charge in [-0.2, -0.15) is 0 Å². The first kappa shape index (κ1) is 15.6. The highest BCUT2D eigenvalue weighted by atomic mass is 35.5. The average molecular weight is 329 g/mol. The monoisotopic (exact) mass is 328 g/mol. The van der Waals surface area contributed by atoms with Crippen LogP contribution in [0.5, 0.6) is 0 Å². The number of hydrogen-bond acceptors (Lipinski definition) is 5. The molecule has 2 aromatic heterocycles. The van der Waals surface area contributed by atoms with Crippen LogP contribution in [0.25, 0.3) is 11.5 Å². The summed E-state index contributed by atoms with van der Waals surface area (Å²) in [7, 11) is 0. The average Bonchev–Trinajstić information content (AvgIpc) is 2.97. The molecule has 0 fully saturated rings. The van der Waals surface area contributed by atoms with Crippen LogP contribution in [0, 0.1) is 6.92 Å². The molecule has 6 heteroatoms. The number of nitrogens with zero attached hydrogens (tertiary/aromatic N) is 4. The molecule has 0 aliphatic carbocycles. The van der Waals surface area contributed by atoms with Crippen LogP contribution in [0.4, 0.5) is 0 Å². The molecule has 118 valence electrons. The molecule has 1 aromatic carbocycles. The summed E-state index contributed by atoms with van der Waals surface area (Å²) < 4.78 is 5.75. The van der Waals surface area contributed by atoms with E-state index in [1.807, 2.05) is 31.2 Å². The third-order valence-corrected chi connectivity index (χ3v) is 3.73. The number of hydrogen-bond donors (Lipinski definition) is 0. The van der Waals surface area contributed by atoms with Crippen LogP contribution in [0.3, 0.4) is 0 Å². The third kappa shape index (κ3) is 3.56. The van der Waals surface area contributed by atoms with Crippen molar-refractivity contribution in [3.8, 4) is 11.5 Å². The molecular weight excluding hydrogens is 312 g/mol. The van der Waals surface area contributed by atoms with Gasteiger partial charge >= 0.3 is 0 Å². The summed E-state index contributed by atoms with van der Waals surface area (Å²) in [4.78, 5) is 8.86. The Labute approximate surface area is 139 Å². The van der Waals surface area contributed by atoms with Gasteiger partial charge in [0.1, 0.15) is 5.82 Å². The van der Waals surface area contributed by atoms with Crippen LogP contribution >= 0.6 is 11.6 Å². The maximum atomic E-state index is 5.89. The Morgan fingerprint density at radius 2 is 1.87 bits per heavy atom. The predicted molar refractivity (Wildman–Crippen MR) is 88.4 cm³/mol. The highest BCUT2D eigenvalue weighted by molar-refractivity contribution is 6.30. The van der Waals surface area contributed by atoms with Crippen molar-refractivity contribution in [1.29, 1.82) is 0 Å². The second-order valence-electron chi connectivity index (χ2n) is 5.69. The standard InChI is InChI=1S/C17H17ClN4O/c1-10(2)16-19-9-14(11(3)20-16)17-22-21-15(23-17)8-12-4-6-13(18)7-5-12/h4-7,9-10H,8H2,1-3H3. The van der Waals surface area contributed by atoms with Crippen LogP contribution in [0.1, 0.15) is 42.7 Å². The number of aromatic nitrogens is 4. The van der Waals surface area contributed by atoms with Gasteiger partial charge in [-0.25, -0.2) is 9.97 Å². The molecule has 3 rings (SSSR count). The summed E-state index contributed by atoms with van der Waals surface area (Å²) in [5.74, 6) is 2.09. The maximum Gasteiger partial charge on any atom is 0.251 e. The van der Waals surface area contributed by atoms with E-state index >= 15 is 0 Å². The van der Waals surface area contributed by atoms with E-state index in [1.54, 1.807) is 6.20 Å². The van der Waals surface area contributed by atoms with Crippen molar-refractivity contribution in [3.05, 3.63) is 58.5 Å². The Hall–Kier alpha value is -2.27. The molecule has 0 aliphatic rings. The Morgan fingerprint density at radius 1 is 1.13 bits per heavy atom. The summed E-state index contributed by atoms with van der Waals surface area (Å²) in [6.07, 6.45) is 2.31. The zero-order valence-corrected chi connectivity index (χ0v) is 14.0. The number of halogens is 1. The second kappa shape index (κ2) is 6.46. The molecule has 0 unspecified atom stereocenters. The van der Waals surface area contributed by atoms with Gasteiger partial charge in [-0.1, -0.05) is 37.6 Å². The first-order valence-corrected chi connectivity index (χ1v) is 7.81. The highest BCUT2D eigenvalue weighted by Gasteiger charge is 2.14. The highest BCUT2D eigenvalue weighted by Crippen LogP contribution is 2.22. The Balaban J connectivity index is 1.83. The van der Waals surface area contributed by atoms with Crippen molar-refractivity contribution in [1.82, 2.24) is 20.2 Å². The largest absolute Gasteiger partial charge is 0.420 e. The van der Waals surface area contributed by atoms with Gasteiger partial charge in [-0.3, -0.25) is 0 Å². The number of aryl methyl sites for hydroxylation is 1. The zero-order chi connectivity index (χ0) is 16.4. The molecule has 0 radical (unpaired) electrons. The lowest BCUT2D eigenvalue weighted by Crippen LogP contribution is -2.00. The van der Waals surface area contributed by atoms with Gasteiger partial charge in [-0.05, 0) is 24.6 Å². The van der Waals surface area contributed by atoms with Crippen LogP contribution < -0.4 is 0 Å². The van der Waals surface area contributed by atoms with Gasteiger partial charge in [0.25, 0.3) is 5.89 Å². The molecule has 0 spiro atoms. The molecular formula is C17H17ClN4O. The van der Waals surface area contributed by atoms with E-state index in [4.69, 9.17) is 16.0 Å². The summed E-state index contributed by atoms with van der Waals surface area (Å²) in [5, 5.41) is 8.92. The molecule has 0 saturated heterocycles. The van der Waals surface area contributed by atoms with E-state index in [0.29, 0.717) is 23.2 Å². The van der Waals surface area contributed by atoms with Crippen molar-refractivity contribution < 1.29 is 4.42 Å². The third-order valence-electron chi connectivity index (χ3n) is 3.48. The quantitative estimate of drug-likeness (QED) is 0.718. The number of rotatable bonds is 4. The van der Waals surface area contributed by atoms with Gasteiger partial charge < -0.3 is 4.42 Å². The zero-order valence-electron chi connectivity index (χ0n) is 13.2. The minimum Gasteiger partial charge on any atom is -0.420 e. The van der Waals surface area contributed by atoms with E-state index in [0.717, 1.165) is 22.6 Å². The van der Waals surface area contributed by atoms with Crippen LogP contribution in [0.15, 0.2) is 34.9 Å². The molecule has 3 aromatic rings. The van der Waals surface area contributed by atoms with Crippen LogP contribution in [0.2, 0.25) is 5.02 Å². The van der Waals surface area contributed by atoms with Crippen molar-refractivity contribution >= 4 is 11.6 Å². The summed E-state index contributed by atoms with van der Waals surface area (Å²) in [5.41, 5.74) is 2.67. The lowest BCUT2D eigenvalue weighted by atomic mass is 10.1. The van der Waals surface area contributed by atoms with Gasteiger partial charge in [0.15, 0.2) is 0 Å². The van der Waals surface area contributed by atoms with E-state index in [1.165, 1.54) is 0 Å². The molecule has 0 amide bonds. The molecule has 23 heavy (non-hydrogen) atoms. The fourth-order valence-corrected chi connectivity index (χ4v) is 2.31. The molecule has 0 saturated carbocycles. The number of benzene rings is 1. The van der Waals surface area contributed by atoms with Crippen LogP contribution in [-0.4, -0.2) is 20.2 Å². The van der Waals surface area contributed by atoms with Gasteiger partial charge in [0, 0.05) is 17.1 Å². The van der Waals surface area contributed by atoms with E-state index in [9.17, 15) is 0 Å². The van der Waals surface area contributed by atoms with Crippen molar-refractivity contribution in [2.45, 2.75) is 33.1 Å². The lowest BCUT2D eigenvalue weighted by molar-refractivity contribution is 0.517. The Morgan fingerprint density at radius 3 is 2.52 bits per heavy atom. The van der Waals surface area contributed by atoms with Crippen LogP contribution in [-0.2, 0) is 6.42 Å². The minimum atomic E-state index is 0.283. The van der Waals surface area contributed by atoms with E-state index in [-0.39, 0.29) is 5.92 Å². The normalized spacial score (nSPS) is 11.2. The predicted octanol–water partition coefficient (Wildman–Crippen LogP) is 4.20. The fraction of sp³-hybridized carbons (Fsp3) is 0.294. The van der Waals surface area contributed by atoms with Gasteiger partial charge in [-0.15, -0.1) is 10.2 Å². The lowest BCUT2D eigenvalue weighted by Gasteiger charge is -2.06. The second-order valence-corrected chi connectivity index (χ2v) is 6.12. The smallest absolute Gasteiger partial charge is 0.251 e. The molecule has 0 bridgehead atoms. The topological polar surface area (TPSA) is 64.7 Å². The minimum absolute atomic E-state index is 0.283.